The molecule has 0 spiro atoms. The van der Waals surface area contributed by atoms with Crippen LogP contribution in [0, 0.1) is 0 Å². The molecule has 2 bridgehead atoms. The Balaban J connectivity index is 1.98. The van der Waals surface area contributed by atoms with E-state index in [2.05, 4.69) is 13.8 Å². The molecule has 4 aliphatic rings. The Morgan fingerprint density at radius 1 is 0.531 bits per heavy atom. The maximum atomic E-state index is 12.5. The first-order chi connectivity index (χ1) is 15.2. The van der Waals surface area contributed by atoms with Crippen LogP contribution in [0.25, 0.3) is 0 Å². The first-order valence-electron chi connectivity index (χ1n) is 10.3. The molecule has 6 heteroatoms. The molecule has 6 nitrogen and oxygen atoms in total. The molecule has 0 unspecified atom stereocenters. The summed E-state index contributed by atoms with van der Waals surface area (Å²) < 4.78 is 22.4. The Kier molecular flexibility index (Phi) is 4.13. The Hall–Kier alpha value is -3.54. The molecule has 0 aromatic heterocycles. The van der Waals surface area contributed by atoms with Crippen molar-refractivity contribution >= 4 is 11.6 Å². The number of hydrogen-bond donors (Lipinski definition) is 0. The lowest BCUT2D eigenvalue weighted by Crippen LogP contribution is -2.51. The van der Waals surface area contributed by atoms with E-state index in [1.165, 1.54) is 12.2 Å². The molecule has 0 radical (unpaired) electrons. The van der Waals surface area contributed by atoms with E-state index in [0.29, 0.717) is 23.0 Å². The lowest BCUT2D eigenvalue weighted by molar-refractivity contribution is -0.131. The van der Waals surface area contributed by atoms with Crippen LogP contribution in [0.4, 0.5) is 0 Å². The van der Waals surface area contributed by atoms with Crippen molar-refractivity contribution in [1.29, 1.82) is 0 Å². The summed E-state index contributed by atoms with van der Waals surface area (Å²) in [4.78, 5) is 25.0. The smallest absolute Gasteiger partial charge is 0.226 e. The van der Waals surface area contributed by atoms with Gasteiger partial charge < -0.3 is 18.9 Å². The fourth-order valence-corrected chi connectivity index (χ4v) is 5.67. The van der Waals surface area contributed by atoms with Crippen molar-refractivity contribution in [3.63, 3.8) is 0 Å². The molecular formula is C26H24O6. The zero-order chi connectivity index (χ0) is 23.0. The van der Waals surface area contributed by atoms with Crippen LogP contribution in [0.15, 0.2) is 47.6 Å². The van der Waals surface area contributed by atoms with E-state index in [-0.39, 0.29) is 0 Å². The second-order valence-corrected chi connectivity index (χ2v) is 8.60. The highest BCUT2D eigenvalue weighted by Crippen LogP contribution is 2.66. The number of ketones is 2. The van der Waals surface area contributed by atoms with Gasteiger partial charge in [-0.3, -0.25) is 9.59 Å². The molecule has 6 rings (SSSR count). The van der Waals surface area contributed by atoms with E-state index < -0.39 is 22.4 Å². The van der Waals surface area contributed by atoms with E-state index in [4.69, 9.17) is 18.9 Å². The van der Waals surface area contributed by atoms with Crippen molar-refractivity contribution in [2.75, 3.05) is 28.4 Å². The molecule has 0 N–H and O–H groups in total. The minimum Gasteiger partial charge on any atom is -0.493 e. The Morgan fingerprint density at radius 3 is 1.00 bits per heavy atom. The second kappa shape index (κ2) is 6.48. The fraction of sp³-hybridized carbons (Fsp3) is 0.308. The number of benzene rings is 2. The van der Waals surface area contributed by atoms with Crippen molar-refractivity contribution in [2.45, 2.75) is 24.7 Å². The third-order valence-electron chi connectivity index (χ3n) is 7.36. The number of rotatable bonds is 4. The lowest BCUT2D eigenvalue weighted by atomic mass is 9.45. The first-order valence-corrected chi connectivity index (χ1v) is 10.3. The third kappa shape index (κ3) is 2.19. The SMILES string of the molecule is COc1cc2c(cc1OC)C1(C)C3=CC(=O)C(=O)C=C3C2(C)c2cc(OC)c(OC)cc21. The van der Waals surface area contributed by atoms with Crippen LogP contribution >= 0.6 is 0 Å². The van der Waals surface area contributed by atoms with Gasteiger partial charge in [-0.05, 0) is 83.7 Å². The average Bonchev–Trinajstić information content (AvgIpc) is 2.81. The molecule has 2 aromatic rings. The van der Waals surface area contributed by atoms with Gasteiger partial charge in [-0.25, -0.2) is 0 Å². The second-order valence-electron chi connectivity index (χ2n) is 8.60. The van der Waals surface area contributed by atoms with Gasteiger partial charge in [0, 0.05) is 10.8 Å². The van der Waals surface area contributed by atoms with Crippen LogP contribution in [0.3, 0.4) is 0 Å². The van der Waals surface area contributed by atoms with Crippen LogP contribution in [-0.2, 0) is 20.4 Å². The summed E-state index contributed by atoms with van der Waals surface area (Å²) in [5.74, 6) is 1.41. The predicted molar refractivity (Wildman–Crippen MR) is 118 cm³/mol. The molecule has 0 saturated heterocycles. The minimum atomic E-state index is -0.705. The number of ether oxygens (including phenoxy) is 4. The van der Waals surface area contributed by atoms with Gasteiger partial charge in [-0.1, -0.05) is 0 Å². The highest BCUT2D eigenvalue weighted by molar-refractivity contribution is 6.47. The molecule has 0 fully saturated rings. The predicted octanol–water partition coefficient (Wildman–Crippen LogP) is 3.66. The highest BCUT2D eigenvalue weighted by atomic mass is 16.5. The van der Waals surface area contributed by atoms with Gasteiger partial charge in [-0.15, -0.1) is 0 Å². The maximum absolute atomic E-state index is 12.5. The van der Waals surface area contributed by atoms with Crippen molar-refractivity contribution in [3.05, 3.63) is 69.8 Å². The maximum Gasteiger partial charge on any atom is 0.226 e. The fourth-order valence-electron chi connectivity index (χ4n) is 5.67. The molecule has 2 aromatic carbocycles. The number of carbonyl (C=O) groups is 2. The van der Waals surface area contributed by atoms with Gasteiger partial charge in [0.15, 0.2) is 23.0 Å². The van der Waals surface area contributed by atoms with Crippen molar-refractivity contribution in [2.24, 2.45) is 0 Å². The number of methoxy groups -OCH3 is 4. The molecule has 4 aliphatic carbocycles. The van der Waals surface area contributed by atoms with Crippen molar-refractivity contribution in [1.82, 2.24) is 0 Å². The lowest BCUT2D eigenvalue weighted by Gasteiger charge is -2.56. The largest absolute Gasteiger partial charge is 0.493 e. The average molecular weight is 432 g/mol. The van der Waals surface area contributed by atoms with E-state index >= 15 is 0 Å². The van der Waals surface area contributed by atoms with Gasteiger partial charge in [0.1, 0.15) is 0 Å². The Morgan fingerprint density at radius 2 is 0.781 bits per heavy atom. The molecule has 164 valence electrons. The Labute approximate surface area is 186 Å². The normalized spacial score (nSPS) is 24.7. The molecule has 0 saturated carbocycles. The van der Waals surface area contributed by atoms with E-state index in [1.54, 1.807) is 28.4 Å². The number of allylic oxidation sites excluding steroid dienone is 4. The quantitative estimate of drug-likeness (QED) is 0.542. The van der Waals surface area contributed by atoms with Gasteiger partial charge in [0.25, 0.3) is 0 Å². The standard InChI is InChI=1S/C26H24O6/c1-25-13-7-19(27)20(28)8-14(13)26(2,17-11-23(31-5)21(29-3)9-15(17)25)18-12-24(32-6)22(30-4)10-16(18)25/h7-12H,1-6H3. The minimum absolute atomic E-state index is 0.509. The Bertz CT molecular complexity index is 1120. The van der Waals surface area contributed by atoms with Gasteiger partial charge in [-0.2, -0.15) is 0 Å². The van der Waals surface area contributed by atoms with Crippen LogP contribution in [0.1, 0.15) is 36.1 Å². The van der Waals surface area contributed by atoms with E-state index in [0.717, 1.165) is 33.4 Å². The van der Waals surface area contributed by atoms with Crippen LogP contribution in [0.2, 0.25) is 0 Å². The van der Waals surface area contributed by atoms with Crippen molar-refractivity contribution in [3.8, 4) is 23.0 Å². The number of hydrogen-bond acceptors (Lipinski definition) is 6. The van der Waals surface area contributed by atoms with E-state index in [1.807, 2.05) is 24.3 Å². The first kappa shape index (κ1) is 20.4. The molecule has 0 aliphatic heterocycles. The van der Waals surface area contributed by atoms with Crippen LogP contribution in [-0.4, -0.2) is 40.0 Å². The topological polar surface area (TPSA) is 71.1 Å². The summed E-state index contributed by atoms with van der Waals surface area (Å²) in [5.41, 5.74) is 4.25. The summed E-state index contributed by atoms with van der Waals surface area (Å²) in [5, 5.41) is 0. The zero-order valence-corrected chi connectivity index (χ0v) is 18.9. The molecule has 0 atom stereocenters. The molecule has 0 heterocycles. The summed E-state index contributed by atoms with van der Waals surface area (Å²) in [6.45, 7) is 4.15. The van der Waals surface area contributed by atoms with Gasteiger partial charge in [0.2, 0.25) is 11.6 Å². The summed E-state index contributed by atoms with van der Waals surface area (Å²) >= 11 is 0. The van der Waals surface area contributed by atoms with Crippen LogP contribution < -0.4 is 18.9 Å². The van der Waals surface area contributed by atoms with Crippen LogP contribution in [0.5, 0.6) is 23.0 Å². The molecule has 0 amide bonds. The summed E-state index contributed by atoms with van der Waals surface area (Å²) in [6.07, 6.45) is 2.99. The summed E-state index contributed by atoms with van der Waals surface area (Å²) in [7, 11) is 6.41. The van der Waals surface area contributed by atoms with Gasteiger partial charge >= 0.3 is 0 Å². The molecular weight excluding hydrogens is 408 g/mol. The summed E-state index contributed by atoms with van der Waals surface area (Å²) in [6, 6.07) is 7.91. The third-order valence-corrected chi connectivity index (χ3v) is 7.36. The van der Waals surface area contributed by atoms with Gasteiger partial charge in [0.05, 0.1) is 28.4 Å². The van der Waals surface area contributed by atoms with Crippen molar-refractivity contribution < 1.29 is 28.5 Å². The zero-order valence-electron chi connectivity index (χ0n) is 18.9. The number of carbonyl (C=O) groups excluding carboxylic acids is 2. The monoisotopic (exact) mass is 432 g/mol. The molecule has 32 heavy (non-hydrogen) atoms. The van der Waals surface area contributed by atoms with E-state index in [9.17, 15) is 9.59 Å². The highest BCUT2D eigenvalue weighted by Gasteiger charge is 2.59.